The van der Waals surface area contributed by atoms with E-state index in [1.54, 1.807) is 6.92 Å². The predicted molar refractivity (Wildman–Crippen MR) is 91.8 cm³/mol. The number of nitrogens with one attached hydrogen (secondary N) is 2. The zero-order valence-corrected chi connectivity index (χ0v) is 14.1. The van der Waals surface area contributed by atoms with Crippen LogP contribution in [0.5, 0.6) is 0 Å². The molecule has 0 fully saturated rings. The number of nitrogens with zero attached hydrogens (tertiary/aromatic N) is 1. The number of carbonyl (C=O) groups is 1. The van der Waals surface area contributed by atoms with Gasteiger partial charge in [-0.1, -0.05) is 11.8 Å². The Balaban J connectivity index is 1.69. The average molecular weight is 347 g/mol. The Bertz CT molecular complexity index is 804. The quantitative estimate of drug-likeness (QED) is 0.659. The number of H-pyrrole nitrogens is 1. The molecule has 5 nitrogen and oxygen atoms in total. The van der Waals surface area contributed by atoms with Gasteiger partial charge in [-0.05, 0) is 56.9 Å². The summed E-state index contributed by atoms with van der Waals surface area (Å²) < 4.78 is 12.9. The summed E-state index contributed by atoms with van der Waals surface area (Å²) in [5, 5.41) is 2.74. The van der Waals surface area contributed by atoms with Crippen LogP contribution in [0.15, 0.2) is 34.2 Å². The zero-order chi connectivity index (χ0) is 17.1. The Morgan fingerprint density at radius 1 is 1.29 bits per heavy atom. The molecule has 7 heteroatoms. The van der Waals surface area contributed by atoms with E-state index < -0.39 is 5.25 Å². The fraction of sp³-hybridized carbons (Fsp3) is 0.353. The van der Waals surface area contributed by atoms with Gasteiger partial charge in [-0.25, -0.2) is 9.37 Å². The second-order valence-corrected chi connectivity index (χ2v) is 7.09. The number of anilines is 1. The summed E-state index contributed by atoms with van der Waals surface area (Å²) in [4.78, 5) is 31.6. The fourth-order valence-corrected chi connectivity index (χ4v) is 3.45. The van der Waals surface area contributed by atoms with Gasteiger partial charge in [0.1, 0.15) is 5.82 Å². The van der Waals surface area contributed by atoms with Crippen LogP contribution in [0.1, 0.15) is 31.0 Å². The number of hydrogen-bond acceptors (Lipinski definition) is 4. The lowest BCUT2D eigenvalue weighted by Gasteiger charge is -2.16. The zero-order valence-electron chi connectivity index (χ0n) is 13.3. The SMILES string of the molecule is C[C@H](Sc1nc2c(c(=O)[nH]1)CCCC2)C(=O)Nc1ccc(F)cc1. The Morgan fingerprint density at radius 2 is 2.00 bits per heavy atom. The summed E-state index contributed by atoms with van der Waals surface area (Å²) >= 11 is 1.21. The molecule has 2 aromatic rings. The van der Waals surface area contributed by atoms with Crippen molar-refractivity contribution in [2.24, 2.45) is 0 Å². The van der Waals surface area contributed by atoms with E-state index in [0.29, 0.717) is 10.8 Å². The van der Waals surface area contributed by atoms with E-state index in [4.69, 9.17) is 0 Å². The van der Waals surface area contributed by atoms with Crippen molar-refractivity contribution in [1.29, 1.82) is 0 Å². The van der Waals surface area contributed by atoms with Crippen LogP contribution in [0.25, 0.3) is 0 Å². The third-order valence-electron chi connectivity index (χ3n) is 3.94. The third kappa shape index (κ3) is 3.84. The van der Waals surface area contributed by atoms with Crippen LogP contribution in [0.4, 0.5) is 10.1 Å². The topological polar surface area (TPSA) is 74.8 Å². The van der Waals surface area contributed by atoms with Crippen molar-refractivity contribution in [1.82, 2.24) is 9.97 Å². The number of rotatable bonds is 4. The molecule has 1 aliphatic carbocycles. The number of aromatic amines is 1. The molecule has 24 heavy (non-hydrogen) atoms. The van der Waals surface area contributed by atoms with Crippen molar-refractivity contribution in [2.75, 3.05) is 5.32 Å². The molecule has 0 bridgehead atoms. The van der Waals surface area contributed by atoms with Gasteiger partial charge in [0, 0.05) is 11.3 Å². The fourth-order valence-electron chi connectivity index (χ4n) is 2.63. The van der Waals surface area contributed by atoms with Crippen LogP contribution in [0.3, 0.4) is 0 Å². The first-order valence-electron chi connectivity index (χ1n) is 7.88. The Kier molecular flexibility index (Phi) is 4.99. The first kappa shape index (κ1) is 16.7. The molecule has 2 N–H and O–H groups in total. The lowest BCUT2D eigenvalue weighted by atomic mass is 9.97. The Hall–Kier alpha value is -2.15. The smallest absolute Gasteiger partial charge is 0.254 e. The van der Waals surface area contributed by atoms with Crippen molar-refractivity contribution in [3.05, 3.63) is 51.7 Å². The highest BCUT2D eigenvalue weighted by Gasteiger charge is 2.19. The van der Waals surface area contributed by atoms with Gasteiger partial charge in [0.2, 0.25) is 5.91 Å². The van der Waals surface area contributed by atoms with Gasteiger partial charge in [0.05, 0.1) is 10.9 Å². The van der Waals surface area contributed by atoms with Gasteiger partial charge < -0.3 is 10.3 Å². The molecule has 1 aliphatic rings. The first-order chi connectivity index (χ1) is 11.5. The van der Waals surface area contributed by atoms with Crippen LogP contribution in [0, 0.1) is 5.82 Å². The number of amides is 1. The summed E-state index contributed by atoms with van der Waals surface area (Å²) in [5.74, 6) is -0.585. The number of benzene rings is 1. The largest absolute Gasteiger partial charge is 0.325 e. The highest BCUT2D eigenvalue weighted by Crippen LogP contribution is 2.23. The molecular weight excluding hydrogens is 329 g/mol. The molecule has 126 valence electrons. The minimum absolute atomic E-state index is 0.103. The minimum atomic E-state index is -0.445. The second-order valence-electron chi connectivity index (χ2n) is 5.76. The van der Waals surface area contributed by atoms with Crippen molar-refractivity contribution >= 4 is 23.4 Å². The normalized spacial score (nSPS) is 14.8. The number of aromatic nitrogens is 2. The van der Waals surface area contributed by atoms with Crippen LogP contribution < -0.4 is 10.9 Å². The lowest BCUT2D eigenvalue weighted by Crippen LogP contribution is -2.25. The standard InChI is InChI=1S/C17H18FN3O2S/c1-10(15(22)19-12-8-6-11(18)7-9-12)24-17-20-14-5-3-2-4-13(14)16(23)21-17/h6-10H,2-5H2,1H3,(H,19,22)(H,20,21,23)/t10-/m0/s1. The summed E-state index contributed by atoms with van der Waals surface area (Å²) in [6, 6.07) is 5.58. The average Bonchev–Trinajstić information content (AvgIpc) is 2.57. The molecule has 0 saturated carbocycles. The molecular formula is C17H18FN3O2S. The van der Waals surface area contributed by atoms with Gasteiger partial charge in [-0.3, -0.25) is 9.59 Å². The number of fused-ring (bicyclic) bond motifs is 1. The molecule has 1 heterocycles. The van der Waals surface area contributed by atoms with Crippen LogP contribution in [-0.2, 0) is 17.6 Å². The van der Waals surface area contributed by atoms with Crippen LogP contribution in [-0.4, -0.2) is 21.1 Å². The van der Waals surface area contributed by atoms with E-state index in [9.17, 15) is 14.0 Å². The second kappa shape index (κ2) is 7.17. The molecule has 0 aliphatic heterocycles. The summed E-state index contributed by atoms with van der Waals surface area (Å²) in [6.45, 7) is 1.74. The molecule has 1 aromatic heterocycles. The van der Waals surface area contributed by atoms with E-state index in [0.717, 1.165) is 36.9 Å². The molecule has 0 saturated heterocycles. The number of carbonyl (C=O) groups excluding carboxylic acids is 1. The van der Waals surface area contributed by atoms with E-state index >= 15 is 0 Å². The molecule has 1 atom stereocenters. The highest BCUT2D eigenvalue weighted by atomic mass is 32.2. The number of aryl methyl sites for hydroxylation is 1. The monoisotopic (exact) mass is 347 g/mol. The van der Waals surface area contributed by atoms with Gasteiger partial charge in [-0.2, -0.15) is 0 Å². The molecule has 1 aromatic carbocycles. The Labute approximate surface area is 143 Å². The maximum atomic E-state index is 12.9. The molecule has 1 amide bonds. The van der Waals surface area contributed by atoms with Gasteiger partial charge in [-0.15, -0.1) is 0 Å². The molecule has 3 rings (SSSR count). The van der Waals surface area contributed by atoms with Crippen LogP contribution >= 0.6 is 11.8 Å². The van der Waals surface area contributed by atoms with Crippen LogP contribution in [0.2, 0.25) is 0 Å². The first-order valence-corrected chi connectivity index (χ1v) is 8.76. The lowest BCUT2D eigenvalue weighted by molar-refractivity contribution is -0.115. The van der Waals surface area contributed by atoms with Gasteiger partial charge >= 0.3 is 0 Å². The number of hydrogen-bond donors (Lipinski definition) is 2. The van der Waals surface area contributed by atoms with E-state index in [1.807, 2.05) is 0 Å². The third-order valence-corrected chi connectivity index (χ3v) is 4.92. The van der Waals surface area contributed by atoms with Gasteiger partial charge in [0.25, 0.3) is 5.56 Å². The van der Waals surface area contributed by atoms with Gasteiger partial charge in [0.15, 0.2) is 5.16 Å². The molecule has 0 radical (unpaired) electrons. The maximum absolute atomic E-state index is 12.9. The summed E-state index contributed by atoms with van der Waals surface area (Å²) in [7, 11) is 0. The van der Waals surface area contributed by atoms with Crippen molar-refractivity contribution < 1.29 is 9.18 Å². The number of thioether (sulfide) groups is 1. The Morgan fingerprint density at radius 3 is 2.75 bits per heavy atom. The van der Waals surface area contributed by atoms with E-state index in [-0.39, 0.29) is 17.3 Å². The highest BCUT2D eigenvalue weighted by molar-refractivity contribution is 8.00. The summed E-state index contributed by atoms with van der Waals surface area (Å²) in [6.07, 6.45) is 3.63. The van der Waals surface area contributed by atoms with Crippen molar-refractivity contribution in [3.8, 4) is 0 Å². The molecule has 0 unspecified atom stereocenters. The van der Waals surface area contributed by atoms with E-state index in [2.05, 4.69) is 15.3 Å². The molecule has 0 spiro atoms. The number of halogens is 1. The predicted octanol–water partition coefficient (Wildman–Crippen LogP) is 2.91. The summed E-state index contributed by atoms with van der Waals surface area (Å²) in [5.41, 5.74) is 2.04. The van der Waals surface area contributed by atoms with Crippen molar-refractivity contribution in [2.45, 2.75) is 43.0 Å². The van der Waals surface area contributed by atoms with E-state index in [1.165, 1.54) is 36.0 Å². The minimum Gasteiger partial charge on any atom is -0.325 e. The maximum Gasteiger partial charge on any atom is 0.254 e. The van der Waals surface area contributed by atoms with Crippen molar-refractivity contribution in [3.63, 3.8) is 0 Å².